The first-order valence-electron chi connectivity index (χ1n) is 9.21. The van der Waals surface area contributed by atoms with Crippen molar-refractivity contribution < 1.29 is 14.3 Å². The Balaban J connectivity index is 1.78. The van der Waals surface area contributed by atoms with Gasteiger partial charge in [-0.2, -0.15) is 0 Å². The Labute approximate surface area is 163 Å². The Morgan fingerprint density at radius 2 is 1.81 bits per heavy atom. The maximum Gasteiger partial charge on any atom is 0.341 e. The highest BCUT2D eigenvalue weighted by Crippen LogP contribution is 2.41. The SMILES string of the molecule is O=C1CCC[C@H]([C@@]2(Cc3ccccc3)N=C(c3ccccc3Cl)OC2=O)C1. The van der Waals surface area contributed by atoms with E-state index in [0.717, 1.165) is 18.4 Å². The summed E-state index contributed by atoms with van der Waals surface area (Å²) in [5, 5.41) is 0.485. The van der Waals surface area contributed by atoms with Crippen LogP contribution in [0.4, 0.5) is 0 Å². The van der Waals surface area contributed by atoms with Crippen molar-refractivity contribution in [1.82, 2.24) is 0 Å². The van der Waals surface area contributed by atoms with E-state index in [1.807, 2.05) is 42.5 Å². The van der Waals surface area contributed by atoms with Gasteiger partial charge in [0.15, 0.2) is 5.54 Å². The summed E-state index contributed by atoms with van der Waals surface area (Å²) in [6, 6.07) is 17.0. The van der Waals surface area contributed by atoms with Crippen LogP contribution in [0.2, 0.25) is 5.02 Å². The summed E-state index contributed by atoms with van der Waals surface area (Å²) in [5.41, 5.74) is 0.521. The van der Waals surface area contributed by atoms with Crippen molar-refractivity contribution >= 4 is 29.3 Å². The minimum absolute atomic E-state index is 0.161. The molecule has 2 atom stereocenters. The highest BCUT2D eigenvalue weighted by Gasteiger charge is 2.53. The number of rotatable bonds is 4. The van der Waals surface area contributed by atoms with E-state index < -0.39 is 5.54 Å². The third-order valence-corrected chi connectivity index (χ3v) is 5.75. The summed E-state index contributed by atoms with van der Waals surface area (Å²) in [5.74, 6) is -0.111. The molecular weight excluding hydrogens is 362 g/mol. The van der Waals surface area contributed by atoms with Gasteiger partial charge < -0.3 is 4.74 Å². The van der Waals surface area contributed by atoms with Gasteiger partial charge in [0, 0.05) is 25.2 Å². The lowest BCUT2D eigenvalue weighted by atomic mass is 9.72. The van der Waals surface area contributed by atoms with Gasteiger partial charge in [0.25, 0.3) is 0 Å². The molecule has 4 nitrogen and oxygen atoms in total. The van der Waals surface area contributed by atoms with Crippen molar-refractivity contribution in [2.45, 2.75) is 37.6 Å². The van der Waals surface area contributed by atoms with Gasteiger partial charge in [0.05, 0.1) is 10.6 Å². The molecule has 0 amide bonds. The van der Waals surface area contributed by atoms with Crippen molar-refractivity contribution in [2.24, 2.45) is 10.9 Å². The lowest BCUT2D eigenvalue weighted by Gasteiger charge is -2.33. The van der Waals surface area contributed by atoms with Gasteiger partial charge in [-0.05, 0) is 30.5 Å². The number of carbonyl (C=O) groups excluding carboxylic acids is 2. The molecule has 1 aliphatic carbocycles. The van der Waals surface area contributed by atoms with E-state index in [-0.39, 0.29) is 23.6 Å². The van der Waals surface area contributed by atoms with Crippen LogP contribution in [-0.4, -0.2) is 23.2 Å². The second-order valence-electron chi connectivity index (χ2n) is 7.20. The Kier molecular flexibility index (Phi) is 4.83. The molecule has 0 radical (unpaired) electrons. The summed E-state index contributed by atoms with van der Waals surface area (Å²) in [6.45, 7) is 0. The highest BCUT2D eigenvalue weighted by atomic mass is 35.5. The molecule has 0 spiro atoms. The van der Waals surface area contributed by atoms with Gasteiger partial charge >= 0.3 is 5.97 Å². The number of benzene rings is 2. The molecule has 2 aliphatic rings. The van der Waals surface area contributed by atoms with Crippen LogP contribution >= 0.6 is 11.6 Å². The van der Waals surface area contributed by atoms with Gasteiger partial charge in [0.2, 0.25) is 5.90 Å². The van der Waals surface area contributed by atoms with E-state index in [0.29, 0.717) is 29.8 Å². The van der Waals surface area contributed by atoms with Crippen molar-refractivity contribution in [3.05, 3.63) is 70.7 Å². The van der Waals surface area contributed by atoms with Crippen molar-refractivity contribution in [1.29, 1.82) is 0 Å². The summed E-state index contributed by atoms with van der Waals surface area (Å²) in [6.07, 6.45) is 2.92. The van der Waals surface area contributed by atoms with Crippen molar-refractivity contribution in [2.75, 3.05) is 0 Å². The third-order valence-electron chi connectivity index (χ3n) is 5.42. The molecule has 27 heavy (non-hydrogen) atoms. The Morgan fingerprint density at radius 3 is 2.56 bits per heavy atom. The van der Waals surface area contributed by atoms with Gasteiger partial charge in [-0.25, -0.2) is 9.79 Å². The molecule has 2 aromatic carbocycles. The van der Waals surface area contributed by atoms with E-state index in [1.165, 1.54) is 0 Å². The van der Waals surface area contributed by atoms with E-state index in [2.05, 4.69) is 0 Å². The van der Waals surface area contributed by atoms with Crippen LogP contribution in [0, 0.1) is 5.92 Å². The van der Waals surface area contributed by atoms with Gasteiger partial charge in [-0.3, -0.25) is 4.79 Å². The van der Waals surface area contributed by atoms with Crippen LogP contribution in [0.3, 0.4) is 0 Å². The predicted molar refractivity (Wildman–Crippen MR) is 104 cm³/mol. The molecule has 1 aliphatic heterocycles. The molecule has 1 fully saturated rings. The second-order valence-corrected chi connectivity index (χ2v) is 7.61. The van der Waals surface area contributed by atoms with E-state index in [9.17, 15) is 9.59 Å². The molecule has 4 rings (SSSR count). The van der Waals surface area contributed by atoms with Crippen molar-refractivity contribution in [3.8, 4) is 0 Å². The third kappa shape index (κ3) is 3.42. The molecule has 1 heterocycles. The van der Waals surface area contributed by atoms with E-state index >= 15 is 0 Å². The Bertz CT molecular complexity index is 909. The number of ether oxygens (including phenoxy) is 1. The zero-order valence-electron chi connectivity index (χ0n) is 14.9. The van der Waals surface area contributed by atoms with Crippen LogP contribution in [0.1, 0.15) is 36.8 Å². The number of Topliss-reactive ketones (excluding diaryl/α,β-unsaturated/α-hetero) is 1. The first-order chi connectivity index (χ1) is 13.1. The molecule has 138 valence electrons. The summed E-state index contributed by atoms with van der Waals surface area (Å²) >= 11 is 6.29. The molecule has 2 aromatic rings. The second kappa shape index (κ2) is 7.28. The fourth-order valence-corrected chi connectivity index (χ4v) is 4.25. The summed E-state index contributed by atoms with van der Waals surface area (Å²) in [4.78, 5) is 30.0. The topological polar surface area (TPSA) is 55.7 Å². The zero-order valence-corrected chi connectivity index (χ0v) is 15.6. The lowest BCUT2D eigenvalue weighted by Crippen LogP contribution is -2.46. The quantitative estimate of drug-likeness (QED) is 0.738. The fourth-order valence-electron chi connectivity index (χ4n) is 4.03. The largest absolute Gasteiger partial charge is 0.405 e. The predicted octanol–water partition coefficient (Wildman–Crippen LogP) is 4.38. The molecule has 0 unspecified atom stereocenters. The van der Waals surface area contributed by atoms with Crippen LogP contribution in [-0.2, 0) is 20.7 Å². The molecule has 0 N–H and O–H groups in total. The summed E-state index contributed by atoms with van der Waals surface area (Å²) < 4.78 is 5.62. The van der Waals surface area contributed by atoms with Crippen molar-refractivity contribution in [3.63, 3.8) is 0 Å². The van der Waals surface area contributed by atoms with E-state index in [1.54, 1.807) is 12.1 Å². The number of ketones is 1. The average molecular weight is 382 g/mol. The smallest absolute Gasteiger partial charge is 0.341 e. The average Bonchev–Trinajstić information content (AvgIpc) is 3.00. The highest BCUT2D eigenvalue weighted by molar-refractivity contribution is 6.34. The fraction of sp³-hybridized carbons (Fsp3) is 0.318. The van der Waals surface area contributed by atoms with Crippen LogP contribution in [0.25, 0.3) is 0 Å². The number of aliphatic imine (C=N–C) groups is 1. The maximum atomic E-state index is 13.1. The van der Waals surface area contributed by atoms with Gasteiger partial charge in [-0.1, -0.05) is 54.1 Å². The van der Waals surface area contributed by atoms with Crippen LogP contribution in [0.15, 0.2) is 59.6 Å². The Hall–Kier alpha value is -2.46. The number of hydrogen-bond acceptors (Lipinski definition) is 4. The number of halogens is 1. The lowest BCUT2D eigenvalue weighted by molar-refractivity contribution is -0.142. The van der Waals surface area contributed by atoms with E-state index in [4.69, 9.17) is 21.3 Å². The molecule has 5 heteroatoms. The summed E-state index contributed by atoms with van der Waals surface area (Å²) in [7, 11) is 0. The minimum atomic E-state index is -1.08. The standard InChI is InChI=1S/C22H20ClNO3/c23-19-12-5-4-11-18(19)20-24-22(21(26)27-20,14-15-7-2-1-3-8-15)16-9-6-10-17(25)13-16/h1-5,7-8,11-12,16H,6,9-10,13-14H2/t16-,22+/m0/s1. The molecule has 0 saturated heterocycles. The van der Waals surface area contributed by atoms with Gasteiger partial charge in [-0.15, -0.1) is 0 Å². The molecule has 0 aromatic heterocycles. The minimum Gasteiger partial charge on any atom is -0.405 e. The van der Waals surface area contributed by atoms with Gasteiger partial charge in [0.1, 0.15) is 5.78 Å². The van der Waals surface area contributed by atoms with Crippen LogP contribution < -0.4 is 0 Å². The number of hydrogen-bond donors (Lipinski definition) is 0. The number of carbonyl (C=O) groups is 2. The molecular formula is C22H20ClNO3. The Morgan fingerprint density at radius 1 is 1.07 bits per heavy atom. The van der Waals surface area contributed by atoms with Crippen LogP contribution in [0.5, 0.6) is 0 Å². The normalized spacial score (nSPS) is 25.2. The maximum absolute atomic E-state index is 13.1. The first-order valence-corrected chi connectivity index (χ1v) is 9.59. The number of cyclic esters (lactones) is 1. The monoisotopic (exact) mass is 381 g/mol. The first kappa shape index (κ1) is 17.9. The molecule has 0 bridgehead atoms. The number of nitrogens with zero attached hydrogens (tertiary/aromatic N) is 1. The molecule has 1 saturated carbocycles. The zero-order chi connectivity index (χ0) is 18.9. The number of esters is 1.